The zero-order valence-corrected chi connectivity index (χ0v) is 15.5. The number of amides is 1. The number of rotatable bonds is 8. The van der Waals surface area contributed by atoms with Crippen LogP contribution in [0.2, 0.25) is 0 Å². The van der Waals surface area contributed by atoms with E-state index in [2.05, 4.69) is 0 Å². The zero-order chi connectivity index (χ0) is 18.9. The normalized spacial score (nSPS) is 11.5. The van der Waals surface area contributed by atoms with Crippen LogP contribution in [0.1, 0.15) is 30.5 Å². The van der Waals surface area contributed by atoms with E-state index in [0.29, 0.717) is 5.75 Å². The molecule has 0 spiro atoms. The Morgan fingerprint density at radius 3 is 2.31 bits per heavy atom. The number of ether oxygens (including phenoxy) is 2. The number of carbonyl (C=O) groups excluding carboxylic acids is 2. The van der Waals surface area contributed by atoms with Gasteiger partial charge in [-0.05, 0) is 31.5 Å². The predicted octanol–water partition coefficient (Wildman–Crippen LogP) is 3.53. The minimum Gasteiger partial charge on any atom is -0.484 e. The largest absolute Gasteiger partial charge is 0.484 e. The number of carbonyl (C=O) groups is 2. The van der Waals surface area contributed by atoms with Crippen LogP contribution in [-0.4, -0.2) is 37.0 Å². The summed E-state index contributed by atoms with van der Waals surface area (Å²) in [5, 5.41) is 0. The standard InChI is InChI=1S/C21H25NO4/c1-16-9-11-19(12-10-16)26-15-20(23)22(14-13-21(24)25-3)17(2)18-7-5-4-6-8-18/h4-12,17H,13-15H2,1-3H3. The molecule has 2 aromatic rings. The lowest BCUT2D eigenvalue weighted by molar-refractivity contribution is -0.142. The van der Waals surface area contributed by atoms with Gasteiger partial charge in [0.1, 0.15) is 5.75 Å². The number of esters is 1. The Morgan fingerprint density at radius 2 is 1.69 bits per heavy atom. The summed E-state index contributed by atoms with van der Waals surface area (Å²) in [6.45, 7) is 4.13. The molecule has 0 aliphatic carbocycles. The van der Waals surface area contributed by atoms with Gasteiger partial charge in [-0.1, -0.05) is 48.0 Å². The molecule has 5 nitrogen and oxygen atoms in total. The number of hydrogen-bond acceptors (Lipinski definition) is 4. The van der Waals surface area contributed by atoms with E-state index in [1.807, 2.05) is 68.4 Å². The average Bonchev–Trinajstić information content (AvgIpc) is 2.67. The van der Waals surface area contributed by atoms with Gasteiger partial charge in [-0.25, -0.2) is 0 Å². The van der Waals surface area contributed by atoms with Gasteiger partial charge >= 0.3 is 5.97 Å². The summed E-state index contributed by atoms with van der Waals surface area (Å²) in [6, 6.07) is 17.1. The second-order valence-electron chi connectivity index (χ2n) is 6.10. The fraction of sp³-hybridized carbons (Fsp3) is 0.333. The number of aryl methyl sites for hydroxylation is 1. The minimum absolute atomic E-state index is 0.0819. The fourth-order valence-corrected chi connectivity index (χ4v) is 2.62. The molecule has 0 saturated heterocycles. The summed E-state index contributed by atoms with van der Waals surface area (Å²) < 4.78 is 10.3. The third kappa shape index (κ3) is 5.62. The van der Waals surface area contributed by atoms with Crippen molar-refractivity contribution in [1.82, 2.24) is 4.90 Å². The van der Waals surface area contributed by atoms with E-state index in [0.717, 1.165) is 11.1 Å². The highest BCUT2D eigenvalue weighted by molar-refractivity contribution is 5.79. The van der Waals surface area contributed by atoms with Crippen LogP contribution >= 0.6 is 0 Å². The van der Waals surface area contributed by atoms with Crippen LogP contribution in [0.3, 0.4) is 0 Å². The van der Waals surface area contributed by atoms with E-state index in [4.69, 9.17) is 9.47 Å². The molecule has 1 unspecified atom stereocenters. The maximum Gasteiger partial charge on any atom is 0.307 e. The van der Waals surface area contributed by atoms with Gasteiger partial charge in [0, 0.05) is 6.54 Å². The molecule has 5 heteroatoms. The van der Waals surface area contributed by atoms with Gasteiger partial charge in [0.05, 0.1) is 19.6 Å². The molecule has 0 aromatic heterocycles. The van der Waals surface area contributed by atoms with Crippen LogP contribution in [0, 0.1) is 6.92 Å². The Balaban J connectivity index is 2.06. The Bertz CT molecular complexity index is 713. The summed E-state index contributed by atoms with van der Waals surface area (Å²) in [6.07, 6.45) is 0.143. The smallest absolute Gasteiger partial charge is 0.307 e. The molecule has 26 heavy (non-hydrogen) atoms. The highest BCUT2D eigenvalue weighted by atomic mass is 16.5. The van der Waals surface area contributed by atoms with Crippen molar-refractivity contribution in [1.29, 1.82) is 0 Å². The topological polar surface area (TPSA) is 55.8 Å². The minimum atomic E-state index is -0.345. The summed E-state index contributed by atoms with van der Waals surface area (Å²) in [5.74, 6) is 0.123. The molecule has 138 valence electrons. The third-order valence-electron chi connectivity index (χ3n) is 4.24. The van der Waals surface area contributed by atoms with Crippen molar-refractivity contribution >= 4 is 11.9 Å². The first-order valence-corrected chi connectivity index (χ1v) is 8.62. The van der Waals surface area contributed by atoms with Crippen LogP contribution in [0.15, 0.2) is 54.6 Å². The van der Waals surface area contributed by atoms with Crippen molar-refractivity contribution in [3.8, 4) is 5.75 Å². The van der Waals surface area contributed by atoms with Crippen LogP contribution in [0.4, 0.5) is 0 Å². The Labute approximate surface area is 154 Å². The molecule has 0 fully saturated rings. The number of nitrogens with zero attached hydrogens (tertiary/aromatic N) is 1. The quantitative estimate of drug-likeness (QED) is 0.680. The van der Waals surface area contributed by atoms with Gasteiger partial charge in [0.25, 0.3) is 5.91 Å². The lowest BCUT2D eigenvalue weighted by atomic mass is 10.1. The Kier molecular flexibility index (Phi) is 7.21. The van der Waals surface area contributed by atoms with E-state index < -0.39 is 0 Å². The molecular weight excluding hydrogens is 330 g/mol. The first kappa shape index (κ1) is 19.5. The SMILES string of the molecule is COC(=O)CCN(C(=O)COc1ccc(C)cc1)C(C)c1ccccc1. The Hall–Kier alpha value is -2.82. The number of benzene rings is 2. The number of methoxy groups -OCH3 is 1. The molecule has 0 bridgehead atoms. The summed E-state index contributed by atoms with van der Waals surface area (Å²) >= 11 is 0. The molecule has 0 heterocycles. The molecule has 0 aliphatic heterocycles. The van der Waals surface area contributed by atoms with Gasteiger partial charge in [0.15, 0.2) is 6.61 Å². The molecular formula is C21H25NO4. The molecule has 0 radical (unpaired) electrons. The first-order chi connectivity index (χ1) is 12.5. The summed E-state index contributed by atoms with van der Waals surface area (Å²) in [5.41, 5.74) is 2.13. The van der Waals surface area contributed by atoms with Crippen molar-refractivity contribution in [3.05, 3.63) is 65.7 Å². The van der Waals surface area contributed by atoms with Crippen molar-refractivity contribution < 1.29 is 19.1 Å². The van der Waals surface area contributed by atoms with Gasteiger partial charge in [-0.3, -0.25) is 9.59 Å². The highest BCUT2D eigenvalue weighted by Gasteiger charge is 2.22. The van der Waals surface area contributed by atoms with Gasteiger partial charge in [0.2, 0.25) is 0 Å². The number of hydrogen-bond donors (Lipinski definition) is 0. The second-order valence-corrected chi connectivity index (χ2v) is 6.10. The van der Waals surface area contributed by atoms with Crippen LogP contribution in [0.25, 0.3) is 0 Å². The highest BCUT2D eigenvalue weighted by Crippen LogP contribution is 2.21. The molecule has 2 aromatic carbocycles. The maximum absolute atomic E-state index is 12.7. The third-order valence-corrected chi connectivity index (χ3v) is 4.24. The van der Waals surface area contributed by atoms with Crippen LogP contribution in [-0.2, 0) is 14.3 Å². The van der Waals surface area contributed by atoms with Crippen molar-refractivity contribution in [2.75, 3.05) is 20.3 Å². The predicted molar refractivity (Wildman–Crippen MR) is 99.9 cm³/mol. The van der Waals surface area contributed by atoms with E-state index in [1.54, 1.807) is 4.90 Å². The summed E-state index contributed by atoms with van der Waals surface area (Å²) in [7, 11) is 1.34. The Morgan fingerprint density at radius 1 is 1.04 bits per heavy atom. The molecule has 2 rings (SSSR count). The molecule has 0 saturated carbocycles. The lowest BCUT2D eigenvalue weighted by Gasteiger charge is -2.29. The van der Waals surface area contributed by atoms with Crippen molar-refractivity contribution in [2.45, 2.75) is 26.3 Å². The molecule has 1 amide bonds. The molecule has 0 N–H and O–H groups in total. The van der Waals surface area contributed by atoms with E-state index in [-0.39, 0.29) is 37.5 Å². The zero-order valence-electron chi connectivity index (χ0n) is 15.5. The molecule has 1 atom stereocenters. The van der Waals surface area contributed by atoms with E-state index >= 15 is 0 Å². The lowest BCUT2D eigenvalue weighted by Crippen LogP contribution is -2.38. The average molecular weight is 355 g/mol. The maximum atomic E-state index is 12.7. The first-order valence-electron chi connectivity index (χ1n) is 8.62. The van der Waals surface area contributed by atoms with Gasteiger partial charge in [-0.2, -0.15) is 0 Å². The molecule has 0 aliphatic rings. The van der Waals surface area contributed by atoms with Gasteiger partial charge < -0.3 is 14.4 Å². The van der Waals surface area contributed by atoms with Crippen LogP contribution in [0.5, 0.6) is 5.75 Å². The monoisotopic (exact) mass is 355 g/mol. The van der Waals surface area contributed by atoms with Crippen molar-refractivity contribution in [3.63, 3.8) is 0 Å². The van der Waals surface area contributed by atoms with Crippen LogP contribution < -0.4 is 4.74 Å². The van der Waals surface area contributed by atoms with Gasteiger partial charge in [-0.15, -0.1) is 0 Å². The van der Waals surface area contributed by atoms with Crippen molar-refractivity contribution in [2.24, 2.45) is 0 Å². The fourth-order valence-electron chi connectivity index (χ4n) is 2.62. The second kappa shape index (κ2) is 9.61. The van der Waals surface area contributed by atoms with E-state index in [9.17, 15) is 9.59 Å². The van der Waals surface area contributed by atoms with E-state index in [1.165, 1.54) is 7.11 Å². The summed E-state index contributed by atoms with van der Waals surface area (Å²) in [4.78, 5) is 25.9.